The van der Waals surface area contributed by atoms with E-state index in [2.05, 4.69) is 5.32 Å². The Morgan fingerprint density at radius 1 is 1.67 bits per heavy atom. The second-order valence-electron chi connectivity index (χ2n) is 2.41. The molecule has 0 heterocycles. The summed E-state index contributed by atoms with van der Waals surface area (Å²) in [5, 5.41) is 2.72. The Balaban J connectivity index is 2.28. The standard InChI is InChI=1S/C6H11F2N/c1-2-9-5-3-4-6(5,7)8/h5,9H,2-4H2,1H3. The van der Waals surface area contributed by atoms with Crippen molar-refractivity contribution in [1.82, 2.24) is 5.32 Å². The summed E-state index contributed by atoms with van der Waals surface area (Å²) in [4.78, 5) is 0. The van der Waals surface area contributed by atoms with Crippen LogP contribution in [0.2, 0.25) is 0 Å². The normalized spacial score (nSPS) is 31.7. The molecule has 0 aromatic carbocycles. The summed E-state index contributed by atoms with van der Waals surface area (Å²) in [7, 11) is 0. The lowest BCUT2D eigenvalue weighted by atomic mass is 9.88. The number of rotatable bonds is 2. The van der Waals surface area contributed by atoms with Crippen molar-refractivity contribution in [2.45, 2.75) is 31.7 Å². The van der Waals surface area contributed by atoms with Gasteiger partial charge in [-0.15, -0.1) is 0 Å². The first kappa shape index (κ1) is 6.93. The zero-order chi connectivity index (χ0) is 6.91. The van der Waals surface area contributed by atoms with Crippen LogP contribution in [0.4, 0.5) is 8.78 Å². The van der Waals surface area contributed by atoms with Gasteiger partial charge in [0.1, 0.15) is 0 Å². The second-order valence-corrected chi connectivity index (χ2v) is 2.41. The first-order chi connectivity index (χ1) is 4.17. The van der Waals surface area contributed by atoms with Crippen LogP contribution in [0.15, 0.2) is 0 Å². The summed E-state index contributed by atoms with van der Waals surface area (Å²) in [6.45, 7) is 2.48. The average Bonchev–Trinajstić information content (AvgIpc) is 1.81. The molecule has 1 fully saturated rings. The van der Waals surface area contributed by atoms with Crippen molar-refractivity contribution in [1.29, 1.82) is 0 Å². The molecule has 1 atom stereocenters. The molecule has 3 heteroatoms. The van der Waals surface area contributed by atoms with Crippen molar-refractivity contribution < 1.29 is 8.78 Å². The third kappa shape index (κ3) is 1.21. The van der Waals surface area contributed by atoms with Crippen LogP contribution < -0.4 is 5.32 Å². The molecule has 1 rings (SSSR count). The molecular formula is C6H11F2N. The number of hydrogen-bond donors (Lipinski definition) is 1. The second kappa shape index (κ2) is 2.21. The van der Waals surface area contributed by atoms with Crippen LogP contribution in [0, 0.1) is 0 Å². The fourth-order valence-corrected chi connectivity index (χ4v) is 1.00. The van der Waals surface area contributed by atoms with E-state index in [0.717, 1.165) is 0 Å². The van der Waals surface area contributed by atoms with E-state index in [4.69, 9.17) is 0 Å². The molecule has 1 unspecified atom stereocenters. The van der Waals surface area contributed by atoms with Gasteiger partial charge in [-0.05, 0) is 13.0 Å². The van der Waals surface area contributed by atoms with E-state index in [0.29, 0.717) is 13.0 Å². The first-order valence-corrected chi connectivity index (χ1v) is 3.28. The van der Waals surface area contributed by atoms with Gasteiger partial charge in [-0.25, -0.2) is 8.78 Å². The van der Waals surface area contributed by atoms with E-state index < -0.39 is 12.0 Å². The molecule has 1 N–H and O–H groups in total. The van der Waals surface area contributed by atoms with Gasteiger partial charge in [-0.3, -0.25) is 0 Å². The van der Waals surface area contributed by atoms with E-state index >= 15 is 0 Å². The van der Waals surface area contributed by atoms with Gasteiger partial charge in [0.2, 0.25) is 0 Å². The summed E-state index contributed by atoms with van der Waals surface area (Å²) >= 11 is 0. The highest BCUT2D eigenvalue weighted by Gasteiger charge is 2.47. The maximum atomic E-state index is 12.3. The number of halogens is 2. The minimum Gasteiger partial charge on any atom is -0.309 e. The van der Waals surface area contributed by atoms with Crippen LogP contribution in [-0.4, -0.2) is 18.5 Å². The molecule has 1 aliphatic carbocycles. The van der Waals surface area contributed by atoms with Gasteiger partial charge in [0.15, 0.2) is 0 Å². The minimum atomic E-state index is -2.42. The van der Waals surface area contributed by atoms with Gasteiger partial charge in [0.25, 0.3) is 5.92 Å². The van der Waals surface area contributed by atoms with Crippen molar-refractivity contribution in [3.63, 3.8) is 0 Å². The van der Waals surface area contributed by atoms with Crippen LogP contribution in [-0.2, 0) is 0 Å². The molecule has 0 amide bonds. The summed E-state index contributed by atoms with van der Waals surface area (Å²) in [6.07, 6.45) is 0.686. The van der Waals surface area contributed by atoms with E-state index in [-0.39, 0.29) is 6.42 Å². The molecule has 9 heavy (non-hydrogen) atoms. The van der Waals surface area contributed by atoms with Crippen LogP contribution in [0.25, 0.3) is 0 Å². The van der Waals surface area contributed by atoms with Crippen molar-refractivity contribution in [3.8, 4) is 0 Å². The molecule has 0 aromatic heterocycles. The molecular weight excluding hydrogens is 124 g/mol. The maximum absolute atomic E-state index is 12.3. The number of alkyl halides is 2. The summed E-state index contributed by atoms with van der Waals surface area (Å²) in [6, 6.07) is -0.539. The Hall–Kier alpha value is -0.180. The van der Waals surface area contributed by atoms with Gasteiger partial charge >= 0.3 is 0 Å². The van der Waals surface area contributed by atoms with Gasteiger partial charge in [-0.1, -0.05) is 6.92 Å². The van der Waals surface area contributed by atoms with Crippen molar-refractivity contribution >= 4 is 0 Å². The van der Waals surface area contributed by atoms with Crippen molar-refractivity contribution in [3.05, 3.63) is 0 Å². The van der Waals surface area contributed by atoms with Gasteiger partial charge in [-0.2, -0.15) is 0 Å². The molecule has 0 bridgehead atoms. The van der Waals surface area contributed by atoms with E-state index in [1.807, 2.05) is 6.92 Å². The number of nitrogens with one attached hydrogen (secondary N) is 1. The molecule has 0 spiro atoms. The fraction of sp³-hybridized carbons (Fsp3) is 1.00. The Labute approximate surface area is 53.4 Å². The highest BCUT2D eigenvalue weighted by atomic mass is 19.3. The summed E-state index contributed by atoms with van der Waals surface area (Å²) in [5.41, 5.74) is 0. The first-order valence-electron chi connectivity index (χ1n) is 3.28. The van der Waals surface area contributed by atoms with Crippen LogP contribution in [0.3, 0.4) is 0 Å². The average molecular weight is 135 g/mol. The predicted molar refractivity (Wildman–Crippen MR) is 31.6 cm³/mol. The monoisotopic (exact) mass is 135 g/mol. The highest BCUT2D eigenvalue weighted by Crippen LogP contribution is 2.37. The lowest BCUT2D eigenvalue weighted by molar-refractivity contribution is -0.105. The molecule has 1 nitrogen and oxygen atoms in total. The Kier molecular flexibility index (Phi) is 1.70. The van der Waals surface area contributed by atoms with Crippen molar-refractivity contribution in [2.24, 2.45) is 0 Å². The van der Waals surface area contributed by atoms with E-state index in [9.17, 15) is 8.78 Å². The van der Waals surface area contributed by atoms with Gasteiger partial charge in [0.05, 0.1) is 6.04 Å². The van der Waals surface area contributed by atoms with Crippen LogP contribution in [0.1, 0.15) is 19.8 Å². The third-order valence-electron chi connectivity index (χ3n) is 1.73. The molecule has 0 aliphatic heterocycles. The largest absolute Gasteiger partial charge is 0.309 e. The predicted octanol–water partition coefficient (Wildman–Crippen LogP) is 1.39. The lowest BCUT2D eigenvalue weighted by Crippen LogP contribution is -2.53. The lowest BCUT2D eigenvalue weighted by Gasteiger charge is -2.36. The van der Waals surface area contributed by atoms with E-state index in [1.54, 1.807) is 0 Å². The minimum absolute atomic E-state index is 0.0602. The topological polar surface area (TPSA) is 12.0 Å². The Bertz CT molecular complexity index is 103. The van der Waals surface area contributed by atoms with Crippen LogP contribution in [0.5, 0.6) is 0 Å². The van der Waals surface area contributed by atoms with E-state index in [1.165, 1.54) is 0 Å². The fourth-order valence-electron chi connectivity index (χ4n) is 1.00. The highest BCUT2D eigenvalue weighted by molar-refractivity contribution is 4.93. The quantitative estimate of drug-likeness (QED) is 0.603. The SMILES string of the molecule is CCNC1CCC1(F)F. The van der Waals surface area contributed by atoms with Crippen molar-refractivity contribution in [2.75, 3.05) is 6.54 Å². The molecule has 0 saturated heterocycles. The van der Waals surface area contributed by atoms with Gasteiger partial charge in [0, 0.05) is 6.42 Å². The zero-order valence-electron chi connectivity index (χ0n) is 5.45. The zero-order valence-corrected chi connectivity index (χ0v) is 5.45. The molecule has 54 valence electrons. The van der Waals surface area contributed by atoms with Crippen LogP contribution >= 0.6 is 0 Å². The summed E-state index contributed by atoms with van der Waals surface area (Å²) in [5.74, 6) is -2.42. The Morgan fingerprint density at radius 3 is 2.44 bits per heavy atom. The summed E-state index contributed by atoms with van der Waals surface area (Å²) < 4.78 is 24.7. The third-order valence-corrected chi connectivity index (χ3v) is 1.73. The molecule has 0 radical (unpaired) electrons. The Morgan fingerprint density at radius 2 is 2.33 bits per heavy atom. The smallest absolute Gasteiger partial charge is 0.263 e. The number of hydrogen-bond acceptors (Lipinski definition) is 1. The molecule has 0 aromatic rings. The molecule has 1 aliphatic rings. The van der Waals surface area contributed by atoms with Gasteiger partial charge < -0.3 is 5.32 Å². The molecule has 1 saturated carbocycles. The maximum Gasteiger partial charge on any atom is 0.263 e.